The predicted molar refractivity (Wildman–Crippen MR) is 86.4 cm³/mol. The van der Waals surface area contributed by atoms with Crippen molar-refractivity contribution in [2.45, 2.75) is 39.3 Å². The summed E-state index contributed by atoms with van der Waals surface area (Å²) in [4.78, 5) is 24.7. The topological polar surface area (TPSA) is 84.7 Å². The molecule has 0 saturated carbocycles. The molecule has 1 fully saturated rings. The normalized spacial score (nSPS) is 18.6. The molecule has 23 heavy (non-hydrogen) atoms. The number of hydrogen-bond donors (Lipinski definition) is 1. The molecule has 0 bridgehead atoms. The fourth-order valence-electron chi connectivity index (χ4n) is 2.57. The maximum absolute atomic E-state index is 12.2. The van der Waals surface area contributed by atoms with Gasteiger partial charge in [0.25, 0.3) is 5.69 Å². The van der Waals surface area contributed by atoms with Crippen LogP contribution in [0.1, 0.15) is 37.9 Å². The van der Waals surface area contributed by atoms with Crippen LogP contribution in [0.3, 0.4) is 0 Å². The van der Waals surface area contributed by atoms with Crippen LogP contribution in [0.2, 0.25) is 0 Å². The molecule has 1 saturated heterocycles. The van der Waals surface area contributed by atoms with Crippen LogP contribution in [-0.2, 0) is 4.74 Å². The molecule has 0 aromatic heterocycles. The summed E-state index contributed by atoms with van der Waals surface area (Å²) in [5, 5.41) is 14.5. The predicted octanol–water partition coefficient (Wildman–Crippen LogP) is 2.78. The van der Waals surface area contributed by atoms with Crippen molar-refractivity contribution in [3.05, 3.63) is 39.4 Å². The summed E-state index contributed by atoms with van der Waals surface area (Å²) in [5.74, 6) is 0. The first kappa shape index (κ1) is 17.2. The van der Waals surface area contributed by atoms with Crippen LogP contribution in [0, 0.1) is 17.0 Å². The van der Waals surface area contributed by atoms with Crippen LogP contribution in [0.5, 0.6) is 0 Å². The lowest BCUT2D eigenvalue weighted by Gasteiger charge is -2.35. The van der Waals surface area contributed by atoms with Crippen LogP contribution in [0.4, 0.5) is 10.5 Å². The Hall–Kier alpha value is -2.15. The maximum atomic E-state index is 12.2. The molecule has 1 atom stereocenters. The van der Waals surface area contributed by atoms with E-state index in [1.54, 1.807) is 17.0 Å². The van der Waals surface area contributed by atoms with Crippen molar-refractivity contribution < 1.29 is 14.5 Å². The van der Waals surface area contributed by atoms with E-state index in [2.05, 4.69) is 5.32 Å². The number of piperazine rings is 1. The molecule has 0 radical (unpaired) electrons. The summed E-state index contributed by atoms with van der Waals surface area (Å²) >= 11 is 0. The number of carbonyl (C=O) groups excluding carboxylic acids is 1. The summed E-state index contributed by atoms with van der Waals surface area (Å²) in [5.41, 5.74) is 1.05. The second kappa shape index (κ2) is 6.54. The third-order valence-electron chi connectivity index (χ3n) is 3.58. The lowest BCUT2D eigenvalue weighted by atomic mass is 10.0. The van der Waals surface area contributed by atoms with E-state index < -0.39 is 5.60 Å². The molecule has 1 aromatic rings. The second-order valence-electron chi connectivity index (χ2n) is 6.75. The highest BCUT2D eigenvalue weighted by molar-refractivity contribution is 5.68. The zero-order chi connectivity index (χ0) is 17.2. The van der Waals surface area contributed by atoms with Crippen LogP contribution < -0.4 is 5.32 Å². The maximum Gasteiger partial charge on any atom is 0.410 e. The number of benzene rings is 1. The van der Waals surface area contributed by atoms with Gasteiger partial charge in [0.15, 0.2) is 0 Å². The first-order chi connectivity index (χ1) is 10.7. The zero-order valence-corrected chi connectivity index (χ0v) is 14.0. The monoisotopic (exact) mass is 321 g/mol. The van der Waals surface area contributed by atoms with Crippen LogP contribution in [0.15, 0.2) is 18.2 Å². The lowest BCUT2D eigenvalue weighted by Crippen LogP contribution is -2.49. The van der Waals surface area contributed by atoms with Crippen molar-refractivity contribution in [2.75, 3.05) is 19.6 Å². The van der Waals surface area contributed by atoms with Crippen molar-refractivity contribution in [2.24, 2.45) is 0 Å². The Morgan fingerprint density at radius 1 is 1.43 bits per heavy atom. The smallest absolute Gasteiger partial charge is 0.410 e. The number of amides is 1. The molecule has 7 heteroatoms. The quantitative estimate of drug-likeness (QED) is 0.669. The summed E-state index contributed by atoms with van der Waals surface area (Å²) in [6, 6.07) is 4.75. The molecule has 0 spiro atoms. The average molecular weight is 321 g/mol. The SMILES string of the molecule is Cc1ccc([N+](=O)[O-])c(C2CN(C(=O)OC(C)(C)C)CCN2)c1. The lowest BCUT2D eigenvalue weighted by molar-refractivity contribution is -0.385. The highest BCUT2D eigenvalue weighted by Crippen LogP contribution is 2.28. The van der Waals surface area contributed by atoms with Gasteiger partial charge in [-0.05, 0) is 33.8 Å². The van der Waals surface area contributed by atoms with Gasteiger partial charge in [-0.2, -0.15) is 0 Å². The summed E-state index contributed by atoms with van der Waals surface area (Å²) < 4.78 is 5.39. The summed E-state index contributed by atoms with van der Waals surface area (Å²) in [7, 11) is 0. The van der Waals surface area contributed by atoms with E-state index in [1.165, 1.54) is 6.07 Å². The Morgan fingerprint density at radius 3 is 2.74 bits per heavy atom. The van der Waals surface area contributed by atoms with Gasteiger partial charge in [-0.1, -0.05) is 11.6 Å². The molecule has 1 unspecified atom stereocenters. The number of nitro benzene ring substituents is 1. The molecule has 0 aliphatic carbocycles. The minimum atomic E-state index is -0.563. The highest BCUT2D eigenvalue weighted by Gasteiger charge is 2.31. The van der Waals surface area contributed by atoms with E-state index in [0.29, 0.717) is 25.2 Å². The van der Waals surface area contributed by atoms with Crippen LogP contribution in [0.25, 0.3) is 0 Å². The van der Waals surface area contributed by atoms with Gasteiger partial charge < -0.3 is 15.0 Å². The first-order valence-corrected chi connectivity index (χ1v) is 7.63. The molecule has 1 aliphatic heterocycles. The standard InChI is InChI=1S/C16H23N3O4/c1-11-5-6-14(19(21)22)12(9-11)13-10-18(8-7-17-13)15(20)23-16(2,3)4/h5-6,9,13,17H,7-8,10H2,1-4H3. The van der Waals surface area contributed by atoms with E-state index in [4.69, 9.17) is 4.74 Å². The van der Waals surface area contributed by atoms with Crippen LogP contribution >= 0.6 is 0 Å². The van der Waals surface area contributed by atoms with E-state index >= 15 is 0 Å². The molecule has 126 valence electrons. The van der Waals surface area contributed by atoms with Gasteiger partial charge in [0, 0.05) is 31.3 Å². The van der Waals surface area contributed by atoms with Crippen molar-refractivity contribution >= 4 is 11.8 Å². The zero-order valence-electron chi connectivity index (χ0n) is 14.0. The molecule has 1 N–H and O–H groups in total. The first-order valence-electron chi connectivity index (χ1n) is 7.63. The average Bonchev–Trinajstić information content (AvgIpc) is 2.45. The molecule has 1 aliphatic rings. The fraction of sp³-hybridized carbons (Fsp3) is 0.562. The van der Waals surface area contributed by atoms with E-state index in [-0.39, 0.29) is 22.7 Å². The van der Waals surface area contributed by atoms with Gasteiger partial charge in [0.05, 0.1) is 11.0 Å². The molecule has 1 amide bonds. The Labute approximate surface area is 135 Å². The summed E-state index contributed by atoms with van der Waals surface area (Å²) in [6.07, 6.45) is -0.390. The third kappa shape index (κ3) is 4.41. The Kier molecular flexibility index (Phi) is 4.89. The van der Waals surface area contributed by atoms with E-state index in [0.717, 1.165) is 5.56 Å². The molecular weight excluding hydrogens is 298 g/mol. The number of hydrogen-bond acceptors (Lipinski definition) is 5. The molecule has 7 nitrogen and oxygen atoms in total. The van der Waals surface area contributed by atoms with Crippen molar-refractivity contribution in [3.63, 3.8) is 0 Å². The number of nitro groups is 1. The fourth-order valence-corrected chi connectivity index (χ4v) is 2.57. The molecular formula is C16H23N3O4. The minimum Gasteiger partial charge on any atom is -0.444 e. The van der Waals surface area contributed by atoms with Crippen LogP contribution in [-0.4, -0.2) is 41.2 Å². The Balaban J connectivity index is 2.20. The number of carbonyl (C=O) groups is 1. The number of ether oxygens (including phenoxy) is 1. The molecule has 2 rings (SSSR count). The Morgan fingerprint density at radius 2 is 2.13 bits per heavy atom. The number of rotatable bonds is 2. The van der Waals surface area contributed by atoms with E-state index in [1.807, 2.05) is 27.7 Å². The Bertz CT molecular complexity index is 610. The van der Waals surface area contributed by atoms with Crippen molar-refractivity contribution in [1.82, 2.24) is 10.2 Å². The second-order valence-corrected chi connectivity index (χ2v) is 6.75. The van der Waals surface area contributed by atoms with Gasteiger partial charge in [0.2, 0.25) is 0 Å². The summed E-state index contributed by atoms with van der Waals surface area (Å²) in [6.45, 7) is 8.77. The van der Waals surface area contributed by atoms with E-state index in [9.17, 15) is 14.9 Å². The van der Waals surface area contributed by atoms with Crippen molar-refractivity contribution in [3.8, 4) is 0 Å². The highest BCUT2D eigenvalue weighted by atomic mass is 16.6. The third-order valence-corrected chi connectivity index (χ3v) is 3.58. The van der Waals surface area contributed by atoms with Gasteiger partial charge >= 0.3 is 6.09 Å². The minimum absolute atomic E-state index is 0.0686. The number of nitrogens with zero attached hydrogens (tertiary/aromatic N) is 2. The van der Waals surface area contributed by atoms with Gasteiger partial charge in [0.1, 0.15) is 5.60 Å². The van der Waals surface area contributed by atoms with Gasteiger partial charge in [-0.15, -0.1) is 0 Å². The molecule has 1 aromatic carbocycles. The largest absolute Gasteiger partial charge is 0.444 e. The molecule has 1 heterocycles. The van der Waals surface area contributed by atoms with Gasteiger partial charge in [-0.3, -0.25) is 10.1 Å². The van der Waals surface area contributed by atoms with Gasteiger partial charge in [-0.25, -0.2) is 4.79 Å². The van der Waals surface area contributed by atoms with Crippen molar-refractivity contribution in [1.29, 1.82) is 0 Å². The number of nitrogens with one attached hydrogen (secondary N) is 1. The number of aryl methyl sites for hydroxylation is 1.